The van der Waals surface area contributed by atoms with Crippen LogP contribution in [0.4, 0.5) is 0 Å². The molecule has 0 amide bonds. The Hall–Kier alpha value is -1.79. The fraction of sp³-hybridized carbons (Fsp3) is 0.438. The summed E-state index contributed by atoms with van der Waals surface area (Å²) in [5.74, 6) is 0.901. The summed E-state index contributed by atoms with van der Waals surface area (Å²) in [7, 11) is 1.69. The Morgan fingerprint density at radius 2 is 2.11 bits per heavy atom. The monoisotopic (exact) mass is 256 g/mol. The number of nitriles is 1. The Morgan fingerprint density at radius 3 is 2.68 bits per heavy atom. The van der Waals surface area contributed by atoms with Gasteiger partial charge in [-0.05, 0) is 42.7 Å². The summed E-state index contributed by atoms with van der Waals surface area (Å²) in [6.07, 6.45) is 5.02. The summed E-state index contributed by atoms with van der Waals surface area (Å²) in [5, 5.41) is 8.54. The predicted octanol–water partition coefficient (Wildman–Crippen LogP) is 3.09. The van der Waals surface area contributed by atoms with Gasteiger partial charge in [-0.1, -0.05) is 18.2 Å². The average molecular weight is 256 g/mol. The maximum Gasteiger partial charge on any atom is 0.118 e. The molecule has 1 aromatic carbocycles. The number of rotatable bonds is 5. The minimum absolute atomic E-state index is 0.658. The van der Waals surface area contributed by atoms with Gasteiger partial charge in [0.25, 0.3) is 0 Å². The van der Waals surface area contributed by atoms with Crippen molar-refractivity contribution in [1.82, 2.24) is 4.90 Å². The average Bonchev–Trinajstić information content (AvgIpc) is 2.48. The Labute approximate surface area is 115 Å². The van der Waals surface area contributed by atoms with Gasteiger partial charge in [-0.3, -0.25) is 4.90 Å². The minimum atomic E-state index is 0.658. The molecule has 0 atom stereocenters. The predicted molar refractivity (Wildman–Crippen MR) is 76.9 cm³/mol. The maximum absolute atomic E-state index is 8.54. The Morgan fingerprint density at radius 1 is 1.32 bits per heavy atom. The fourth-order valence-corrected chi connectivity index (χ4v) is 2.36. The van der Waals surface area contributed by atoms with Gasteiger partial charge in [-0.25, -0.2) is 0 Å². The molecule has 1 aliphatic rings. The number of hydrogen-bond acceptors (Lipinski definition) is 3. The van der Waals surface area contributed by atoms with Crippen LogP contribution in [0.15, 0.2) is 30.3 Å². The first-order valence-corrected chi connectivity index (χ1v) is 6.76. The first-order chi connectivity index (χ1) is 9.33. The SMILES string of the molecule is COc1ccc(C2=CCN(CCCC#N)CC2)cc1. The van der Waals surface area contributed by atoms with Crippen molar-refractivity contribution in [3.05, 3.63) is 35.9 Å². The van der Waals surface area contributed by atoms with E-state index in [1.165, 1.54) is 11.1 Å². The molecule has 0 bridgehead atoms. The fourth-order valence-electron chi connectivity index (χ4n) is 2.36. The number of ether oxygens (including phenoxy) is 1. The van der Waals surface area contributed by atoms with Gasteiger partial charge in [0.15, 0.2) is 0 Å². The van der Waals surface area contributed by atoms with Crippen LogP contribution in [-0.2, 0) is 0 Å². The van der Waals surface area contributed by atoms with Crippen molar-refractivity contribution in [2.75, 3.05) is 26.7 Å². The normalized spacial score (nSPS) is 15.7. The molecule has 19 heavy (non-hydrogen) atoms. The van der Waals surface area contributed by atoms with Crippen molar-refractivity contribution in [1.29, 1.82) is 5.26 Å². The molecule has 1 heterocycles. The van der Waals surface area contributed by atoms with Crippen LogP contribution in [0, 0.1) is 11.3 Å². The van der Waals surface area contributed by atoms with Gasteiger partial charge in [0, 0.05) is 19.5 Å². The van der Waals surface area contributed by atoms with Crippen LogP contribution in [0.25, 0.3) is 5.57 Å². The number of hydrogen-bond donors (Lipinski definition) is 0. The smallest absolute Gasteiger partial charge is 0.118 e. The van der Waals surface area contributed by atoms with Crippen LogP contribution in [0.1, 0.15) is 24.8 Å². The molecule has 0 saturated carbocycles. The van der Waals surface area contributed by atoms with Gasteiger partial charge in [0.2, 0.25) is 0 Å². The molecular weight excluding hydrogens is 236 g/mol. The summed E-state index contributed by atoms with van der Waals surface area (Å²) < 4.78 is 5.17. The van der Waals surface area contributed by atoms with Crippen LogP contribution in [-0.4, -0.2) is 31.6 Å². The zero-order valence-corrected chi connectivity index (χ0v) is 11.4. The standard InChI is InChI=1S/C16H20N2O/c1-19-16-6-4-14(5-7-16)15-8-12-18(13-9-15)11-3-2-10-17/h4-8H,2-3,9,11-13H2,1H3. The largest absolute Gasteiger partial charge is 0.497 e. The number of unbranched alkanes of at least 4 members (excludes halogenated alkanes) is 1. The Kier molecular flexibility index (Phi) is 5.00. The molecular formula is C16H20N2O. The second-order valence-corrected chi connectivity index (χ2v) is 4.77. The quantitative estimate of drug-likeness (QED) is 0.760. The summed E-state index contributed by atoms with van der Waals surface area (Å²) in [5.41, 5.74) is 2.71. The molecule has 0 aromatic heterocycles. The lowest BCUT2D eigenvalue weighted by molar-refractivity contribution is 0.299. The van der Waals surface area contributed by atoms with Crippen molar-refractivity contribution in [3.8, 4) is 11.8 Å². The van der Waals surface area contributed by atoms with Crippen LogP contribution in [0.5, 0.6) is 5.75 Å². The second-order valence-electron chi connectivity index (χ2n) is 4.77. The third-order valence-electron chi connectivity index (χ3n) is 3.52. The lowest BCUT2D eigenvalue weighted by atomic mass is 9.99. The third-order valence-corrected chi connectivity index (χ3v) is 3.52. The van der Waals surface area contributed by atoms with Crippen molar-refractivity contribution in [3.63, 3.8) is 0 Å². The molecule has 0 fully saturated rings. The van der Waals surface area contributed by atoms with Crippen molar-refractivity contribution < 1.29 is 4.74 Å². The topological polar surface area (TPSA) is 36.3 Å². The molecule has 0 N–H and O–H groups in total. The van der Waals surface area contributed by atoms with E-state index in [2.05, 4.69) is 29.2 Å². The highest BCUT2D eigenvalue weighted by Crippen LogP contribution is 2.24. The minimum Gasteiger partial charge on any atom is -0.497 e. The molecule has 0 unspecified atom stereocenters. The summed E-state index contributed by atoms with van der Waals surface area (Å²) >= 11 is 0. The molecule has 2 rings (SSSR count). The lowest BCUT2D eigenvalue weighted by Crippen LogP contribution is -2.29. The van der Waals surface area contributed by atoms with E-state index in [0.29, 0.717) is 6.42 Å². The van der Waals surface area contributed by atoms with Crippen LogP contribution in [0.2, 0.25) is 0 Å². The van der Waals surface area contributed by atoms with Crippen LogP contribution >= 0.6 is 0 Å². The molecule has 1 aromatic rings. The molecule has 0 spiro atoms. The number of nitrogens with zero attached hydrogens (tertiary/aromatic N) is 2. The van der Waals surface area contributed by atoms with E-state index in [1.54, 1.807) is 7.11 Å². The van der Waals surface area contributed by atoms with Crippen LogP contribution < -0.4 is 4.74 Å². The Balaban J connectivity index is 1.91. The zero-order valence-electron chi connectivity index (χ0n) is 11.4. The summed E-state index contributed by atoms with van der Waals surface area (Å²) in [6.45, 7) is 3.11. The highest BCUT2D eigenvalue weighted by molar-refractivity contribution is 5.67. The molecule has 1 aliphatic heterocycles. The Bertz CT molecular complexity index is 471. The third kappa shape index (κ3) is 3.84. The van der Waals surface area contributed by atoms with Crippen molar-refractivity contribution in [2.45, 2.75) is 19.3 Å². The summed E-state index contributed by atoms with van der Waals surface area (Å²) in [6, 6.07) is 10.5. The van der Waals surface area contributed by atoms with Crippen molar-refractivity contribution in [2.24, 2.45) is 0 Å². The lowest BCUT2D eigenvalue weighted by Gasteiger charge is -2.26. The molecule has 3 nitrogen and oxygen atoms in total. The van der Waals surface area contributed by atoms with E-state index in [-0.39, 0.29) is 0 Å². The number of benzene rings is 1. The first kappa shape index (κ1) is 13.6. The molecule has 0 saturated heterocycles. The van der Waals surface area contributed by atoms with Gasteiger partial charge in [-0.15, -0.1) is 0 Å². The molecule has 0 aliphatic carbocycles. The van der Waals surface area contributed by atoms with E-state index in [1.807, 2.05) is 12.1 Å². The molecule has 0 radical (unpaired) electrons. The number of methoxy groups -OCH3 is 1. The summed E-state index contributed by atoms with van der Waals surface area (Å²) in [4.78, 5) is 2.41. The molecule has 100 valence electrons. The van der Waals surface area contributed by atoms with E-state index in [4.69, 9.17) is 10.00 Å². The van der Waals surface area contributed by atoms with E-state index >= 15 is 0 Å². The second kappa shape index (κ2) is 6.96. The van der Waals surface area contributed by atoms with Crippen molar-refractivity contribution >= 4 is 5.57 Å². The zero-order chi connectivity index (χ0) is 13.5. The van der Waals surface area contributed by atoms with Gasteiger partial charge in [0.1, 0.15) is 5.75 Å². The van der Waals surface area contributed by atoms with E-state index in [9.17, 15) is 0 Å². The first-order valence-electron chi connectivity index (χ1n) is 6.76. The van der Waals surface area contributed by atoms with Gasteiger partial charge in [0.05, 0.1) is 13.2 Å². The highest BCUT2D eigenvalue weighted by Gasteiger charge is 2.12. The molecule has 3 heteroatoms. The maximum atomic E-state index is 8.54. The highest BCUT2D eigenvalue weighted by atomic mass is 16.5. The van der Waals surface area contributed by atoms with E-state index in [0.717, 1.165) is 38.2 Å². The van der Waals surface area contributed by atoms with Crippen LogP contribution in [0.3, 0.4) is 0 Å². The van der Waals surface area contributed by atoms with Gasteiger partial charge in [-0.2, -0.15) is 5.26 Å². The van der Waals surface area contributed by atoms with Gasteiger partial charge >= 0.3 is 0 Å². The van der Waals surface area contributed by atoms with E-state index < -0.39 is 0 Å². The van der Waals surface area contributed by atoms with Gasteiger partial charge < -0.3 is 4.74 Å².